The third kappa shape index (κ3) is 2.13. The summed E-state index contributed by atoms with van der Waals surface area (Å²) in [4.78, 5) is 3.59. The van der Waals surface area contributed by atoms with E-state index in [1.165, 1.54) is 13.2 Å². The largest absolute Gasteiger partial charge is 0.481 e. The van der Waals surface area contributed by atoms with Gasteiger partial charge in [-0.3, -0.25) is 0 Å². The molecule has 15 heavy (non-hydrogen) atoms. The van der Waals surface area contributed by atoms with Gasteiger partial charge in [0, 0.05) is 12.1 Å². The van der Waals surface area contributed by atoms with Crippen LogP contribution in [0.4, 0.5) is 4.39 Å². The van der Waals surface area contributed by atoms with E-state index >= 15 is 0 Å². The summed E-state index contributed by atoms with van der Waals surface area (Å²) in [5.41, 5.74) is 1.71. The number of hydrogen-bond donors (Lipinski definition) is 0. The highest BCUT2D eigenvalue weighted by Gasteiger charge is 2.03. The molecule has 1 heterocycles. The molecule has 1 aromatic carbocycles. The SMILES string of the molecule is COc1cc(-c2ccccc2)cc(F)n1. The number of benzene rings is 1. The van der Waals surface area contributed by atoms with Crippen LogP contribution in [0.25, 0.3) is 11.1 Å². The molecule has 0 unspecified atom stereocenters. The maximum absolute atomic E-state index is 13.1. The minimum absolute atomic E-state index is 0.286. The van der Waals surface area contributed by atoms with Crippen molar-refractivity contribution in [2.75, 3.05) is 7.11 Å². The van der Waals surface area contributed by atoms with Crippen molar-refractivity contribution < 1.29 is 9.13 Å². The number of nitrogens with zero attached hydrogens (tertiary/aromatic N) is 1. The Bertz CT molecular complexity index is 456. The van der Waals surface area contributed by atoms with Gasteiger partial charge in [0.05, 0.1) is 7.11 Å². The lowest BCUT2D eigenvalue weighted by Crippen LogP contribution is -1.91. The van der Waals surface area contributed by atoms with E-state index < -0.39 is 5.95 Å². The van der Waals surface area contributed by atoms with Crippen LogP contribution in [0.15, 0.2) is 42.5 Å². The van der Waals surface area contributed by atoms with Gasteiger partial charge in [-0.2, -0.15) is 9.37 Å². The van der Waals surface area contributed by atoms with E-state index in [4.69, 9.17) is 4.74 Å². The summed E-state index contributed by atoms with van der Waals surface area (Å²) in [6.45, 7) is 0. The quantitative estimate of drug-likeness (QED) is 0.700. The van der Waals surface area contributed by atoms with Gasteiger partial charge in [-0.1, -0.05) is 30.3 Å². The van der Waals surface area contributed by atoms with Crippen LogP contribution in [-0.4, -0.2) is 12.1 Å². The highest BCUT2D eigenvalue weighted by molar-refractivity contribution is 5.63. The topological polar surface area (TPSA) is 22.1 Å². The van der Waals surface area contributed by atoms with Gasteiger partial charge in [0.1, 0.15) is 0 Å². The molecule has 0 radical (unpaired) electrons. The Morgan fingerprint density at radius 1 is 1.07 bits per heavy atom. The fourth-order valence-electron chi connectivity index (χ4n) is 1.37. The standard InChI is InChI=1S/C12H10FNO/c1-15-12-8-10(7-11(13)14-12)9-5-3-2-4-6-9/h2-8H,1H3. The van der Waals surface area contributed by atoms with Crippen LogP contribution in [0.3, 0.4) is 0 Å². The predicted octanol–water partition coefficient (Wildman–Crippen LogP) is 2.90. The maximum Gasteiger partial charge on any atom is 0.216 e. The highest BCUT2D eigenvalue weighted by atomic mass is 19.1. The molecule has 0 atom stereocenters. The monoisotopic (exact) mass is 203 g/mol. The smallest absolute Gasteiger partial charge is 0.216 e. The molecule has 0 N–H and O–H groups in total. The Balaban J connectivity index is 2.49. The molecule has 0 spiro atoms. The van der Waals surface area contributed by atoms with E-state index in [0.717, 1.165) is 11.1 Å². The second kappa shape index (κ2) is 4.09. The second-order valence-electron chi connectivity index (χ2n) is 3.09. The first kappa shape index (κ1) is 9.65. The summed E-state index contributed by atoms with van der Waals surface area (Å²) < 4.78 is 18.0. The van der Waals surface area contributed by atoms with Gasteiger partial charge < -0.3 is 4.74 Å². The van der Waals surface area contributed by atoms with Gasteiger partial charge in [-0.05, 0) is 11.1 Å². The molecule has 0 aliphatic carbocycles. The first-order valence-electron chi connectivity index (χ1n) is 4.56. The van der Waals surface area contributed by atoms with Gasteiger partial charge in [-0.15, -0.1) is 0 Å². The zero-order chi connectivity index (χ0) is 10.7. The van der Waals surface area contributed by atoms with Crippen LogP contribution < -0.4 is 4.74 Å². The third-order valence-electron chi connectivity index (χ3n) is 2.09. The van der Waals surface area contributed by atoms with E-state index in [9.17, 15) is 4.39 Å². The first-order valence-corrected chi connectivity index (χ1v) is 4.56. The Kier molecular flexibility index (Phi) is 2.63. The van der Waals surface area contributed by atoms with Crippen LogP contribution >= 0.6 is 0 Å². The first-order chi connectivity index (χ1) is 7.29. The summed E-state index contributed by atoms with van der Waals surface area (Å²) in [7, 11) is 1.47. The maximum atomic E-state index is 13.1. The molecule has 2 nitrogen and oxygen atoms in total. The van der Waals surface area contributed by atoms with Crippen LogP contribution in [-0.2, 0) is 0 Å². The van der Waals surface area contributed by atoms with Crippen LogP contribution in [0.1, 0.15) is 0 Å². The van der Waals surface area contributed by atoms with E-state index in [1.54, 1.807) is 6.07 Å². The number of rotatable bonds is 2. The lowest BCUT2D eigenvalue weighted by atomic mass is 10.1. The lowest BCUT2D eigenvalue weighted by Gasteiger charge is -2.04. The average Bonchev–Trinajstić information content (AvgIpc) is 2.29. The van der Waals surface area contributed by atoms with Gasteiger partial charge >= 0.3 is 0 Å². The summed E-state index contributed by atoms with van der Waals surface area (Å²) in [6, 6.07) is 12.6. The van der Waals surface area contributed by atoms with Crippen LogP contribution in [0, 0.1) is 5.95 Å². The summed E-state index contributed by atoms with van der Waals surface area (Å²) in [5.74, 6) is -0.248. The normalized spacial score (nSPS) is 10.0. The minimum Gasteiger partial charge on any atom is -0.481 e. The number of methoxy groups -OCH3 is 1. The van der Waals surface area contributed by atoms with Crippen molar-refractivity contribution in [3.63, 3.8) is 0 Å². The number of aromatic nitrogens is 1. The number of ether oxygens (including phenoxy) is 1. The fourth-order valence-corrected chi connectivity index (χ4v) is 1.37. The summed E-state index contributed by atoms with van der Waals surface area (Å²) in [5, 5.41) is 0. The van der Waals surface area contributed by atoms with Gasteiger partial charge in [0.2, 0.25) is 11.8 Å². The average molecular weight is 203 g/mol. The molecule has 76 valence electrons. The second-order valence-corrected chi connectivity index (χ2v) is 3.09. The predicted molar refractivity (Wildman–Crippen MR) is 56.2 cm³/mol. The van der Waals surface area contributed by atoms with Crippen molar-refractivity contribution in [3.05, 3.63) is 48.4 Å². The highest BCUT2D eigenvalue weighted by Crippen LogP contribution is 2.22. The molecule has 0 fully saturated rings. The van der Waals surface area contributed by atoms with Gasteiger partial charge in [0.15, 0.2) is 0 Å². The van der Waals surface area contributed by atoms with Crippen molar-refractivity contribution in [2.24, 2.45) is 0 Å². The number of halogens is 1. The molecular weight excluding hydrogens is 193 g/mol. The molecule has 0 amide bonds. The Morgan fingerprint density at radius 3 is 2.47 bits per heavy atom. The van der Waals surface area contributed by atoms with Crippen molar-refractivity contribution in [1.29, 1.82) is 0 Å². The Labute approximate surface area is 87.4 Å². The Morgan fingerprint density at radius 2 is 1.80 bits per heavy atom. The number of pyridine rings is 1. The van der Waals surface area contributed by atoms with E-state index in [2.05, 4.69) is 4.98 Å². The molecular formula is C12H10FNO. The van der Waals surface area contributed by atoms with E-state index in [-0.39, 0.29) is 5.88 Å². The van der Waals surface area contributed by atoms with Crippen LogP contribution in [0.2, 0.25) is 0 Å². The zero-order valence-corrected chi connectivity index (χ0v) is 8.27. The molecule has 2 rings (SSSR count). The van der Waals surface area contributed by atoms with Gasteiger partial charge in [0.25, 0.3) is 0 Å². The molecule has 0 aliphatic heterocycles. The minimum atomic E-state index is -0.534. The van der Waals surface area contributed by atoms with E-state index in [0.29, 0.717) is 0 Å². The van der Waals surface area contributed by atoms with Crippen LogP contribution in [0.5, 0.6) is 5.88 Å². The third-order valence-corrected chi connectivity index (χ3v) is 2.09. The van der Waals surface area contributed by atoms with Crippen molar-refractivity contribution in [3.8, 4) is 17.0 Å². The van der Waals surface area contributed by atoms with Crippen molar-refractivity contribution >= 4 is 0 Å². The summed E-state index contributed by atoms with van der Waals surface area (Å²) in [6.07, 6.45) is 0. The molecule has 2 aromatic rings. The van der Waals surface area contributed by atoms with Crippen molar-refractivity contribution in [2.45, 2.75) is 0 Å². The fraction of sp³-hybridized carbons (Fsp3) is 0.0833. The number of hydrogen-bond acceptors (Lipinski definition) is 2. The molecule has 0 aliphatic rings. The molecule has 0 saturated carbocycles. The van der Waals surface area contributed by atoms with E-state index in [1.807, 2.05) is 30.3 Å². The summed E-state index contributed by atoms with van der Waals surface area (Å²) >= 11 is 0. The molecule has 0 saturated heterocycles. The zero-order valence-electron chi connectivity index (χ0n) is 8.27. The molecule has 3 heteroatoms. The van der Waals surface area contributed by atoms with Gasteiger partial charge in [-0.25, -0.2) is 0 Å². The molecule has 1 aromatic heterocycles. The molecule has 0 bridgehead atoms. The van der Waals surface area contributed by atoms with Crippen molar-refractivity contribution in [1.82, 2.24) is 4.98 Å². The lowest BCUT2D eigenvalue weighted by molar-refractivity contribution is 0.388. The Hall–Kier alpha value is -1.90.